The zero-order valence-electron chi connectivity index (χ0n) is 19.5. The summed E-state index contributed by atoms with van der Waals surface area (Å²) in [5, 5.41) is 0. The van der Waals surface area contributed by atoms with Crippen molar-refractivity contribution in [2.75, 3.05) is 31.9 Å². The number of rotatable bonds is 7. The second-order valence-corrected chi connectivity index (χ2v) is 12.5. The van der Waals surface area contributed by atoms with Crippen molar-refractivity contribution in [1.82, 2.24) is 19.2 Å². The van der Waals surface area contributed by atoms with Crippen LogP contribution in [0.25, 0.3) is 11.0 Å². The van der Waals surface area contributed by atoms with Crippen molar-refractivity contribution in [1.29, 1.82) is 0 Å². The van der Waals surface area contributed by atoms with Gasteiger partial charge in [-0.15, -0.1) is 0 Å². The highest BCUT2D eigenvalue weighted by atomic mass is 32.2. The summed E-state index contributed by atoms with van der Waals surface area (Å²) in [6, 6.07) is 7.89. The molecule has 2 bridgehead atoms. The molecule has 2 N–H and O–H groups in total. The Balaban J connectivity index is 1.15. The standard InChI is InChI=1S/C24H34N4O4S/c1-23(2)17-7-10-24(23,21(29)15-17)16-33(31,32)25-11-14-27-12-8-18(9-13-27)28-20-6-4-3-5-19(20)26-22(28)30/h3-6,17-18,25H,7-16H2,1-2H3,(H,26,30)/t17-,24-/m1/s1. The number of piperidine rings is 1. The van der Waals surface area contributed by atoms with E-state index in [1.165, 1.54) is 0 Å². The quantitative estimate of drug-likeness (QED) is 0.641. The van der Waals surface area contributed by atoms with Gasteiger partial charge in [-0.3, -0.25) is 9.36 Å². The van der Waals surface area contributed by atoms with Crippen molar-refractivity contribution < 1.29 is 13.2 Å². The summed E-state index contributed by atoms with van der Waals surface area (Å²) >= 11 is 0. The molecule has 0 radical (unpaired) electrons. The van der Waals surface area contributed by atoms with Gasteiger partial charge in [0.25, 0.3) is 0 Å². The molecule has 2 aromatic rings. The van der Waals surface area contributed by atoms with E-state index in [9.17, 15) is 18.0 Å². The number of hydrogen-bond acceptors (Lipinski definition) is 5. The van der Waals surface area contributed by atoms with E-state index in [-0.39, 0.29) is 28.7 Å². The Morgan fingerprint density at radius 1 is 1.12 bits per heavy atom. The molecular formula is C24H34N4O4S. The summed E-state index contributed by atoms with van der Waals surface area (Å²) in [7, 11) is -3.54. The fourth-order valence-corrected chi connectivity index (χ4v) is 8.51. The summed E-state index contributed by atoms with van der Waals surface area (Å²) in [4.78, 5) is 30.3. The molecule has 1 aromatic heterocycles. The van der Waals surface area contributed by atoms with Crippen molar-refractivity contribution in [3.63, 3.8) is 0 Å². The van der Waals surface area contributed by atoms with E-state index >= 15 is 0 Å². The van der Waals surface area contributed by atoms with E-state index in [0.29, 0.717) is 31.8 Å². The summed E-state index contributed by atoms with van der Waals surface area (Å²) in [5.74, 6) is 0.350. The first-order valence-electron chi connectivity index (χ1n) is 12.1. The lowest BCUT2D eigenvalue weighted by Crippen LogP contribution is -2.47. The van der Waals surface area contributed by atoms with E-state index in [0.717, 1.165) is 43.4 Å². The Bertz CT molecular complexity index is 1220. The average Bonchev–Trinajstić information content (AvgIpc) is 3.28. The molecule has 8 nitrogen and oxygen atoms in total. The molecule has 2 aliphatic carbocycles. The number of benzene rings is 1. The minimum Gasteiger partial charge on any atom is -0.306 e. The number of likely N-dealkylation sites (tertiary alicyclic amines) is 1. The number of carbonyl (C=O) groups excluding carboxylic acids is 1. The molecule has 2 saturated carbocycles. The van der Waals surface area contributed by atoms with Crippen LogP contribution in [-0.4, -0.2) is 60.6 Å². The van der Waals surface area contributed by atoms with Gasteiger partial charge in [-0.25, -0.2) is 17.9 Å². The van der Waals surface area contributed by atoms with Gasteiger partial charge < -0.3 is 9.88 Å². The molecule has 0 amide bonds. The van der Waals surface area contributed by atoms with E-state index < -0.39 is 15.4 Å². The van der Waals surface area contributed by atoms with Gasteiger partial charge in [0.15, 0.2) is 0 Å². The molecule has 180 valence electrons. The van der Waals surface area contributed by atoms with Crippen LogP contribution in [-0.2, 0) is 14.8 Å². The molecule has 1 saturated heterocycles. The number of ketones is 1. The Morgan fingerprint density at radius 3 is 2.52 bits per heavy atom. The minimum absolute atomic E-state index is 0.0691. The predicted octanol–water partition coefficient (Wildman–Crippen LogP) is 2.28. The zero-order valence-corrected chi connectivity index (χ0v) is 20.3. The molecule has 5 rings (SSSR count). The summed E-state index contributed by atoms with van der Waals surface area (Å²) in [6.45, 7) is 6.73. The summed E-state index contributed by atoms with van der Waals surface area (Å²) in [5.41, 5.74) is 0.749. The number of H-pyrrole nitrogens is 1. The second-order valence-electron chi connectivity index (χ2n) is 10.7. The number of Topliss-reactive ketones (excluding diaryl/α,β-unsaturated/α-hetero) is 1. The van der Waals surface area contributed by atoms with E-state index in [1.54, 1.807) is 0 Å². The van der Waals surface area contributed by atoms with Crippen molar-refractivity contribution in [3.8, 4) is 0 Å². The monoisotopic (exact) mass is 474 g/mol. The highest BCUT2D eigenvalue weighted by molar-refractivity contribution is 7.89. The highest BCUT2D eigenvalue weighted by Gasteiger charge is 2.65. The fourth-order valence-electron chi connectivity index (χ4n) is 6.68. The van der Waals surface area contributed by atoms with Gasteiger partial charge in [0, 0.05) is 44.1 Å². The smallest absolute Gasteiger partial charge is 0.306 e. The lowest BCUT2D eigenvalue weighted by molar-refractivity contribution is -0.128. The number of sulfonamides is 1. The Labute approximate surface area is 194 Å². The highest BCUT2D eigenvalue weighted by Crippen LogP contribution is 2.64. The van der Waals surface area contributed by atoms with Gasteiger partial charge in [0.05, 0.1) is 16.8 Å². The first kappa shape index (κ1) is 22.8. The normalized spacial score (nSPS) is 28.2. The fraction of sp³-hybridized carbons (Fsp3) is 0.667. The SMILES string of the molecule is CC1(C)[C@@H]2CC[C@@]1(CS(=O)(=O)NCCN1CCC(n3c(=O)[nH]c4ccccc43)CC1)C(=O)C2. The maximum absolute atomic E-state index is 12.9. The van der Waals surface area contributed by atoms with Crippen molar-refractivity contribution in [2.45, 2.75) is 52.0 Å². The van der Waals surface area contributed by atoms with E-state index in [4.69, 9.17) is 0 Å². The van der Waals surface area contributed by atoms with Crippen LogP contribution in [0.3, 0.4) is 0 Å². The van der Waals surface area contributed by atoms with E-state index in [1.807, 2.05) is 28.8 Å². The van der Waals surface area contributed by atoms with Crippen LogP contribution in [0.15, 0.2) is 29.1 Å². The molecule has 3 fully saturated rings. The van der Waals surface area contributed by atoms with Gasteiger partial charge in [0.2, 0.25) is 10.0 Å². The number of fused-ring (bicyclic) bond motifs is 3. The van der Waals surface area contributed by atoms with Gasteiger partial charge in [-0.05, 0) is 49.1 Å². The maximum atomic E-state index is 12.9. The van der Waals surface area contributed by atoms with Crippen LogP contribution in [0.4, 0.5) is 0 Å². The minimum atomic E-state index is -3.54. The number of nitrogens with zero attached hydrogens (tertiary/aromatic N) is 2. The summed E-state index contributed by atoms with van der Waals surface area (Å²) in [6.07, 6.45) is 3.86. The topological polar surface area (TPSA) is 104 Å². The largest absolute Gasteiger partial charge is 0.326 e. The zero-order chi connectivity index (χ0) is 23.4. The Kier molecular flexibility index (Phi) is 5.57. The van der Waals surface area contributed by atoms with Crippen LogP contribution in [0.2, 0.25) is 0 Å². The van der Waals surface area contributed by atoms with Gasteiger partial charge in [0.1, 0.15) is 5.78 Å². The van der Waals surface area contributed by atoms with Crippen LogP contribution in [0, 0.1) is 16.7 Å². The van der Waals surface area contributed by atoms with Gasteiger partial charge >= 0.3 is 5.69 Å². The molecule has 2 atom stereocenters. The predicted molar refractivity (Wildman–Crippen MR) is 128 cm³/mol. The lowest BCUT2D eigenvalue weighted by atomic mass is 9.70. The molecule has 9 heteroatoms. The number of imidazole rings is 1. The number of hydrogen-bond donors (Lipinski definition) is 2. The van der Waals surface area contributed by atoms with Crippen LogP contribution in [0.5, 0.6) is 0 Å². The van der Waals surface area contributed by atoms with Crippen LogP contribution >= 0.6 is 0 Å². The molecule has 1 aromatic carbocycles. The number of aromatic nitrogens is 2. The molecule has 3 aliphatic rings. The van der Waals surface area contributed by atoms with Crippen LogP contribution < -0.4 is 10.4 Å². The van der Waals surface area contributed by atoms with Gasteiger partial charge in [-0.2, -0.15) is 0 Å². The molecule has 0 spiro atoms. The lowest BCUT2D eigenvalue weighted by Gasteiger charge is -2.36. The summed E-state index contributed by atoms with van der Waals surface area (Å²) < 4.78 is 30.4. The number of aromatic amines is 1. The first-order valence-corrected chi connectivity index (χ1v) is 13.7. The van der Waals surface area contributed by atoms with Crippen molar-refractivity contribution >= 4 is 26.8 Å². The number of carbonyl (C=O) groups is 1. The Morgan fingerprint density at radius 2 is 1.85 bits per heavy atom. The first-order chi connectivity index (χ1) is 15.6. The maximum Gasteiger partial charge on any atom is 0.326 e. The second kappa shape index (κ2) is 8.06. The third-order valence-electron chi connectivity index (χ3n) is 8.87. The van der Waals surface area contributed by atoms with E-state index in [2.05, 4.69) is 28.5 Å². The Hall–Kier alpha value is -1.97. The van der Waals surface area contributed by atoms with Gasteiger partial charge in [-0.1, -0.05) is 26.0 Å². The number of para-hydroxylation sites is 2. The average molecular weight is 475 g/mol. The third kappa shape index (κ3) is 3.78. The number of nitrogens with one attached hydrogen (secondary N) is 2. The molecule has 1 aliphatic heterocycles. The molecule has 2 heterocycles. The van der Waals surface area contributed by atoms with Crippen molar-refractivity contribution in [3.05, 3.63) is 34.7 Å². The third-order valence-corrected chi connectivity index (χ3v) is 10.4. The molecular weight excluding hydrogens is 440 g/mol. The van der Waals surface area contributed by atoms with Crippen molar-refractivity contribution in [2.24, 2.45) is 16.7 Å². The molecule has 0 unspecified atom stereocenters. The van der Waals surface area contributed by atoms with Crippen LogP contribution in [0.1, 0.15) is 52.0 Å². The molecule has 33 heavy (non-hydrogen) atoms.